The van der Waals surface area contributed by atoms with E-state index in [0.717, 1.165) is 23.3 Å². The fourth-order valence-electron chi connectivity index (χ4n) is 3.07. The second-order valence-electron chi connectivity index (χ2n) is 7.56. The molecule has 0 unspecified atom stereocenters. The van der Waals surface area contributed by atoms with Gasteiger partial charge in [-0.3, -0.25) is 9.52 Å². The van der Waals surface area contributed by atoms with Gasteiger partial charge >= 0.3 is 0 Å². The van der Waals surface area contributed by atoms with Crippen molar-refractivity contribution < 1.29 is 22.1 Å². The molecule has 1 aromatic heterocycles. The van der Waals surface area contributed by atoms with Crippen LogP contribution in [0, 0.1) is 12.7 Å². The third-order valence-corrected chi connectivity index (χ3v) is 6.29. The number of amides is 1. The molecule has 10 heteroatoms. The van der Waals surface area contributed by atoms with E-state index in [1.54, 1.807) is 0 Å². The van der Waals surface area contributed by atoms with E-state index >= 15 is 0 Å². The molecule has 3 aromatic carbocycles. The molecule has 4 aromatic rings. The predicted octanol–water partition coefficient (Wildman–Crippen LogP) is 4.56. The summed E-state index contributed by atoms with van der Waals surface area (Å²) in [6.07, 6.45) is 0.375. The molecule has 0 atom stereocenters. The maximum absolute atomic E-state index is 13.0. The molecule has 0 aliphatic heterocycles. The standard InChI is InChI=1S/C24H21FN4O4S/c1-16-2-4-17(5-3-16)24-27-23(33-28-24)15-14-22(30)26-19-10-12-21(13-11-19)34(31,32)29-20-8-6-18(25)7-9-20/h2-13,29H,14-15H2,1H3,(H,26,30). The molecule has 0 radical (unpaired) electrons. The minimum Gasteiger partial charge on any atom is -0.339 e. The highest BCUT2D eigenvalue weighted by molar-refractivity contribution is 7.92. The van der Waals surface area contributed by atoms with Gasteiger partial charge < -0.3 is 9.84 Å². The number of halogens is 1. The van der Waals surface area contributed by atoms with E-state index in [1.807, 2.05) is 31.2 Å². The molecule has 174 valence electrons. The van der Waals surface area contributed by atoms with Crippen molar-refractivity contribution in [1.82, 2.24) is 10.1 Å². The van der Waals surface area contributed by atoms with Crippen LogP contribution in [0.15, 0.2) is 82.2 Å². The number of aromatic nitrogens is 2. The summed E-state index contributed by atoms with van der Waals surface area (Å²) in [4.78, 5) is 16.6. The highest BCUT2D eigenvalue weighted by atomic mass is 32.2. The van der Waals surface area contributed by atoms with Gasteiger partial charge in [0.25, 0.3) is 10.0 Å². The molecule has 8 nitrogen and oxygen atoms in total. The van der Waals surface area contributed by atoms with Crippen LogP contribution in [0.5, 0.6) is 0 Å². The predicted molar refractivity (Wildman–Crippen MR) is 125 cm³/mol. The summed E-state index contributed by atoms with van der Waals surface area (Å²) in [5.74, 6) is 0.0597. The Labute approximate surface area is 195 Å². The minimum absolute atomic E-state index is 0.00400. The molecule has 0 bridgehead atoms. The van der Waals surface area contributed by atoms with Crippen LogP contribution in [-0.4, -0.2) is 24.5 Å². The SMILES string of the molecule is Cc1ccc(-c2noc(CCC(=O)Nc3ccc(S(=O)(=O)Nc4ccc(F)cc4)cc3)n2)cc1. The normalized spacial score (nSPS) is 11.2. The number of carbonyl (C=O) groups excluding carboxylic acids is 1. The van der Waals surface area contributed by atoms with Crippen molar-refractivity contribution in [3.63, 3.8) is 0 Å². The van der Waals surface area contributed by atoms with Crippen molar-refractivity contribution in [3.8, 4) is 11.4 Å². The quantitative estimate of drug-likeness (QED) is 0.382. The molecular formula is C24H21FN4O4S. The minimum atomic E-state index is -3.85. The summed E-state index contributed by atoms with van der Waals surface area (Å²) in [6, 6.07) is 18.4. The summed E-state index contributed by atoms with van der Waals surface area (Å²) in [6.45, 7) is 1.99. The third-order valence-electron chi connectivity index (χ3n) is 4.89. The van der Waals surface area contributed by atoms with Crippen LogP contribution < -0.4 is 10.0 Å². The summed E-state index contributed by atoms with van der Waals surface area (Å²) < 4.78 is 45.6. The molecular weight excluding hydrogens is 459 g/mol. The number of sulfonamides is 1. The lowest BCUT2D eigenvalue weighted by Crippen LogP contribution is -2.14. The fourth-order valence-corrected chi connectivity index (χ4v) is 4.13. The van der Waals surface area contributed by atoms with Crippen LogP contribution in [0.3, 0.4) is 0 Å². The smallest absolute Gasteiger partial charge is 0.261 e. The number of rotatable bonds is 8. The first kappa shape index (κ1) is 23.1. The molecule has 0 fully saturated rings. The van der Waals surface area contributed by atoms with E-state index in [1.165, 1.54) is 36.4 Å². The average Bonchev–Trinajstić information content (AvgIpc) is 3.29. The number of nitrogens with one attached hydrogen (secondary N) is 2. The van der Waals surface area contributed by atoms with Crippen LogP contribution in [0.1, 0.15) is 17.9 Å². The number of anilines is 2. The number of hydrogen-bond donors (Lipinski definition) is 2. The lowest BCUT2D eigenvalue weighted by atomic mass is 10.1. The molecule has 0 saturated carbocycles. The van der Waals surface area contributed by atoms with Crippen LogP contribution in [0.4, 0.5) is 15.8 Å². The lowest BCUT2D eigenvalue weighted by molar-refractivity contribution is -0.116. The number of nitrogens with zero attached hydrogens (tertiary/aromatic N) is 2. The van der Waals surface area contributed by atoms with Crippen molar-refractivity contribution >= 4 is 27.3 Å². The third kappa shape index (κ3) is 5.84. The Balaban J connectivity index is 1.31. The van der Waals surface area contributed by atoms with Gasteiger partial charge in [-0.1, -0.05) is 35.0 Å². The Morgan fingerprint density at radius 3 is 2.26 bits per heavy atom. The second kappa shape index (κ2) is 9.84. The first-order valence-corrected chi connectivity index (χ1v) is 11.8. The number of hydrogen-bond acceptors (Lipinski definition) is 6. The molecule has 0 saturated heterocycles. The van der Waals surface area contributed by atoms with Crippen molar-refractivity contribution in [2.45, 2.75) is 24.7 Å². The van der Waals surface area contributed by atoms with Gasteiger partial charge in [-0.15, -0.1) is 0 Å². The van der Waals surface area contributed by atoms with Crippen LogP contribution >= 0.6 is 0 Å². The molecule has 1 amide bonds. The summed E-state index contributed by atoms with van der Waals surface area (Å²) in [5.41, 5.74) is 2.63. The number of carbonyl (C=O) groups is 1. The van der Waals surface area contributed by atoms with Crippen molar-refractivity contribution in [2.24, 2.45) is 0 Å². The van der Waals surface area contributed by atoms with Gasteiger partial charge in [0.05, 0.1) is 4.90 Å². The van der Waals surface area contributed by atoms with E-state index in [9.17, 15) is 17.6 Å². The largest absolute Gasteiger partial charge is 0.339 e. The fraction of sp³-hybridized carbons (Fsp3) is 0.125. The first-order chi connectivity index (χ1) is 16.3. The zero-order valence-corrected chi connectivity index (χ0v) is 19.0. The average molecular weight is 481 g/mol. The van der Waals surface area contributed by atoms with Gasteiger partial charge in [-0.05, 0) is 55.5 Å². The van der Waals surface area contributed by atoms with Crippen LogP contribution in [0.25, 0.3) is 11.4 Å². The van der Waals surface area contributed by atoms with Crippen molar-refractivity contribution in [1.29, 1.82) is 0 Å². The van der Waals surface area contributed by atoms with E-state index in [0.29, 0.717) is 17.4 Å². The topological polar surface area (TPSA) is 114 Å². The zero-order chi connectivity index (χ0) is 24.1. The maximum Gasteiger partial charge on any atom is 0.261 e. The van der Waals surface area contributed by atoms with Crippen molar-refractivity contribution in [3.05, 3.63) is 90.1 Å². The second-order valence-corrected chi connectivity index (χ2v) is 9.25. The molecule has 0 aliphatic carbocycles. The zero-order valence-electron chi connectivity index (χ0n) is 18.2. The van der Waals surface area contributed by atoms with Crippen LogP contribution in [-0.2, 0) is 21.2 Å². The summed E-state index contributed by atoms with van der Waals surface area (Å²) >= 11 is 0. The molecule has 2 N–H and O–H groups in total. The van der Waals surface area contributed by atoms with Crippen molar-refractivity contribution in [2.75, 3.05) is 10.0 Å². The van der Waals surface area contributed by atoms with Gasteiger partial charge in [0.1, 0.15) is 5.82 Å². The molecule has 1 heterocycles. The molecule has 34 heavy (non-hydrogen) atoms. The van der Waals surface area contributed by atoms with Gasteiger partial charge in [-0.25, -0.2) is 12.8 Å². The molecule has 0 aliphatic rings. The van der Waals surface area contributed by atoms with E-state index in [-0.39, 0.29) is 29.3 Å². The Bertz CT molecular complexity index is 1380. The van der Waals surface area contributed by atoms with Gasteiger partial charge in [0, 0.05) is 29.8 Å². The van der Waals surface area contributed by atoms with E-state index < -0.39 is 15.8 Å². The number of benzene rings is 3. The summed E-state index contributed by atoms with van der Waals surface area (Å²) in [5, 5.41) is 6.65. The Hall–Kier alpha value is -4.05. The Morgan fingerprint density at radius 2 is 1.59 bits per heavy atom. The molecule has 4 rings (SSSR count). The summed E-state index contributed by atoms with van der Waals surface area (Å²) in [7, 11) is -3.85. The van der Waals surface area contributed by atoms with Gasteiger partial charge in [0.2, 0.25) is 17.6 Å². The molecule has 0 spiro atoms. The van der Waals surface area contributed by atoms with Gasteiger partial charge in [0.15, 0.2) is 0 Å². The Morgan fingerprint density at radius 1 is 0.941 bits per heavy atom. The maximum atomic E-state index is 13.0. The monoisotopic (exact) mass is 480 g/mol. The van der Waals surface area contributed by atoms with E-state index in [4.69, 9.17) is 4.52 Å². The lowest BCUT2D eigenvalue weighted by Gasteiger charge is -2.09. The van der Waals surface area contributed by atoms with Crippen LogP contribution in [0.2, 0.25) is 0 Å². The first-order valence-electron chi connectivity index (χ1n) is 10.4. The highest BCUT2D eigenvalue weighted by Gasteiger charge is 2.15. The van der Waals surface area contributed by atoms with Gasteiger partial charge in [-0.2, -0.15) is 4.98 Å². The van der Waals surface area contributed by atoms with E-state index in [2.05, 4.69) is 20.2 Å². The number of aryl methyl sites for hydroxylation is 2. The highest BCUT2D eigenvalue weighted by Crippen LogP contribution is 2.20. The Kier molecular flexibility index (Phi) is 6.69.